The number of nitrogens with one attached hydrogen (secondary N) is 1. The van der Waals surface area contributed by atoms with Crippen molar-refractivity contribution in [1.82, 2.24) is 4.90 Å². The molecule has 2 aromatic rings. The number of carbonyl (C=O) groups is 1. The van der Waals surface area contributed by atoms with Gasteiger partial charge in [0.05, 0.1) is 6.04 Å². The molecular formula is C19H22N2O. The number of nitrogens with zero attached hydrogens (tertiary/aromatic N) is 1. The molecule has 1 aliphatic heterocycles. The van der Waals surface area contributed by atoms with E-state index < -0.39 is 0 Å². The second-order valence-electron chi connectivity index (χ2n) is 6.01. The van der Waals surface area contributed by atoms with Crippen LogP contribution in [0, 0.1) is 13.8 Å². The van der Waals surface area contributed by atoms with Gasteiger partial charge in [0, 0.05) is 12.2 Å². The number of amides is 2. The number of likely N-dealkylation sites (tertiary alicyclic amines) is 1. The lowest BCUT2D eigenvalue weighted by Gasteiger charge is -2.26. The molecule has 22 heavy (non-hydrogen) atoms. The van der Waals surface area contributed by atoms with Crippen LogP contribution in [0.5, 0.6) is 0 Å². The Hall–Kier alpha value is -2.29. The third-order valence-corrected chi connectivity index (χ3v) is 4.36. The number of urea groups is 1. The maximum absolute atomic E-state index is 12.6. The Morgan fingerprint density at radius 2 is 1.82 bits per heavy atom. The van der Waals surface area contributed by atoms with Crippen molar-refractivity contribution in [3.63, 3.8) is 0 Å². The van der Waals surface area contributed by atoms with Crippen LogP contribution in [-0.4, -0.2) is 17.5 Å². The van der Waals surface area contributed by atoms with Gasteiger partial charge in [-0.25, -0.2) is 4.79 Å². The number of hydrogen-bond acceptors (Lipinski definition) is 1. The van der Waals surface area contributed by atoms with Crippen molar-refractivity contribution in [3.8, 4) is 0 Å². The van der Waals surface area contributed by atoms with Gasteiger partial charge >= 0.3 is 6.03 Å². The van der Waals surface area contributed by atoms with Crippen molar-refractivity contribution in [2.45, 2.75) is 32.7 Å². The highest BCUT2D eigenvalue weighted by molar-refractivity contribution is 5.90. The molecule has 114 valence electrons. The Kier molecular flexibility index (Phi) is 4.14. The Labute approximate surface area is 132 Å². The number of hydrogen-bond donors (Lipinski definition) is 1. The first-order valence-electron chi connectivity index (χ1n) is 7.85. The second kappa shape index (κ2) is 6.22. The monoisotopic (exact) mass is 294 g/mol. The van der Waals surface area contributed by atoms with Crippen LogP contribution in [0.15, 0.2) is 48.5 Å². The first-order chi connectivity index (χ1) is 10.6. The number of aryl methyl sites for hydroxylation is 2. The average molecular weight is 294 g/mol. The normalized spacial score (nSPS) is 17.5. The molecule has 1 saturated heterocycles. The summed E-state index contributed by atoms with van der Waals surface area (Å²) in [5.41, 5.74) is 4.45. The third kappa shape index (κ3) is 2.98. The fourth-order valence-electron chi connectivity index (χ4n) is 3.05. The van der Waals surface area contributed by atoms with Gasteiger partial charge in [-0.1, -0.05) is 48.0 Å². The van der Waals surface area contributed by atoms with Gasteiger partial charge in [0.25, 0.3) is 0 Å². The van der Waals surface area contributed by atoms with Crippen LogP contribution in [0.2, 0.25) is 0 Å². The fraction of sp³-hybridized carbons (Fsp3) is 0.316. The molecule has 0 saturated carbocycles. The van der Waals surface area contributed by atoms with E-state index in [-0.39, 0.29) is 12.1 Å². The van der Waals surface area contributed by atoms with Gasteiger partial charge in [-0.05, 0) is 43.9 Å². The number of carbonyl (C=O) groups excluding carboxylic acids is 1. The lowest BCUT2D eigenvalue weighted by Crippen LogP contribution is -2.34. The van der Waals surface area contributed by atoms with Gasteiger partial charge in [-0.15, -0.1) is 0 Å². The van der Waals surface area contributed by atoms with Crippen molar-refractivity contribution in [2.75, 3.05) is 11.9 Å². The predicted octanol–water partition coefficient (Wildman–Crippen LogP) is 4.67. The van der Waals surface area contributed by atoms with Gasteiger partial charge in [-0.3, -0.25) is 0 Å². The van der Waals surface area contributed by atoms with E-state index in [1.807, 2.05) is 36.1 Å². The van der Waals surface area contributed by atoms with Crippen LogP contribution in [0.1, 0.15) is 35.6 Å². The molecule has 2 aromatic carbocycles. The minimum absolute atomic E-state index is 0.00243. The summed E-state index contributed by atoms with van der Waals surface area (Å²) in [6.07, 6.45) is 2.09. The van der Waals surface area contributed by atoms with E-state index >= 15 is 0 Å². The lowest BCUT2D eigenvalue weighted by molar-refractivity contribution is 0.207. The van der Waals surface area contributed by atoms with Crippen LogP contribution >= 0.6 is 0 Å². The topological polar surface area (TPSA) is 32.3 Å². The van der Waals surface area contributed by atoms with Crippen LogP contribution in [0.3, 0.4) is 0 Å². The summed E-state index contributed by atoms with van der Waals surface area (Å²) in [6, 6.07) is 16.6. The van der Waals surface area contributed by atoms with Crippen molar-refractivity contribution < 1.29 is 4.79 Å². The highest BCUT2D eigenvalue weighted by Gasteiger charge is 2.30. The van der Waals surface area contributed by atoms with E-state index in [0.29, 0.717) is 0 Å². The van der Waals surface area contributed by atoms with Crippen LogP contribution in [0.4, 0.5) is 10.5 Å². The summed E-state index contributed by atoms with van der Waals surface area (Å²) in [7, 11) is 0. The van der Waals surface area contributed by atoms with Crippen LogP contribution < -0.4 is 5.32 Å². The maximum atomic E-state index is 12.6. The van der Waals surface area contributed by atoms with Gasteiger partial charge < -0.3 is 10.2 Å². The molecule has 1 N–H and O–H groups in total. The van der Waals surface area contributed by atoms with Crippen molar-refractivity contribution >= 4 is 11.7 Å². The molecule has 1 atom stereocenters. The van der Waals surface area contributed by atoms with E-state index in [2.05, 4.69) is 36.5 Å². The molecule has 3 rings (SSSR count). The molecular weight excluding hydrogens is 272 g/mol. The zero-order chi connectivity index (χ0) is 15.5. The first kappa shape index (κ1) is 14.6. The van der Waals surface area contributed by atoms with Gasteiger partial charge in [0.15, 0.2) is 0 Å². The highest BCUT2D eigenvalue weighted by Crippen LogP contribution is 2.32. The van der Waals surface area contributed by atoms with Gasteiger partial charge in [-0.2, -0.15) is 0 Å². The standard InChI is InChI=1S/C19H22N2O/c1-14-9-11-16(12-10-14)18-8-5-13-21(18)19(22)20-17-7-4-3-6-15(17)2/h3-4,6-7,9-12,18H,5,8,13H2,1-2H3,(H,20,22). The van der Waals surface area contributed by atoms with E-state index in [9.17, 15) is 4.79 Å². The first-order valence-corrected chi connectivity index (χ1v) is 7.85. The van der Waals surface area contributed by atoms with Crippen molar-refractivity contribution in [1.29, 1.82) is 0 Å². The fourth-order valence-corrected chi connectivity index (χ4v) is 3.05. The molecule has 0 spiro atoms. The number of anilines is 1. The maximum Gasteiger partial charge on any atom is 0.322 e. The Bertz CT molecular complexity index is 663. The molecule has 1 aliphatic rings. The molecule has 0 radical (unpaired) electrons. The molecule has 0 aromatic heterocycles. The Morgan fingerprint density at radius 3 is 2.55 bits per heavy atom. The minimum Gasteiger partial charge on any atom is -0.317 e. The molecule has 0 aliphatic carbocycles. The van der Waals surface area contributed by atoms with Gasteiger partial charge in [0.1, 0.15) is 0 Å². The highest BCUT2D eigenvalue weighted by atomic mass is 16.2. The SMILES string of the molecule is Cc1ccc(C2CCCN2C(=O)Nc2ccccc2C)cc1. The van der Waals surface area contributed by atoms with Crippen LogP contribution in [-0.2, 0) is 0 Å². The third-order valence-electron chi connectivity index (χ3n) is 4.36. The predicted molar refractivity (Wildman–Crippen MR) is 90.1 cm³/mol. The largest absolute Gasteiger partial charge is 0.322 e. The smallest absolute Gasteiger partial charge is 0.317 e. The van der Waals surface area contributed by atoms with Crippen molar-refractivity contribution in [3.05, 3.63) is 65.2 Å². The summed E-state index contributed by atoms with van der Waals surface area (Å²) in [4.78, 5) is 14.6. The lowest BCUT2D eigenvalue weighted by atomic mass is 10.0. The van der Waals surface area contributed by atoms with Gasteiger partial charge in [0.2, 0.25) is 0 Å². The quantitative estimate of drug-likeness (QED) is 0.857. The molecule has 2 amide bonds. The van der Waals surface area contributed by atoms with Crippen LogP contribution in [0.25, 0.3) is 0 Å². The Balaban J connectivity index is 1.76. The zero-order valence-electron chi connectivity index (χ0n) is 13.2. The van der Waals surface area contributed by atoms with E-state index in [4.69, 9.17) is 0 Å². The van der Waals surface area contributed by atoms with E-state index in [0.717, 1.165) is 30.6 Å². The van der Waals surface area contributed by atoms with E-state index in [1.54, 1.807) is 0 Å². The Morgan fingerprint density at radius 1 is 1.09 bits per heavy atom. The van der Waals surface area contributed by atoms with E-state index in [1.165, 1.54) is 11.1 Å². The number of para-hydroxylation sites is 1. The molecule has 1 heterocycles. The number of benzene rings is 2. The van der Waals surface area contributed by atoms with Crippen molar-refractivity contribution in [2.24, 2.45) is 0 Å². The summed E-state index contributed by atoms with van der Waals surface area (Å²) in [6.45, 7) is 4.91. The molecule has 1 fully saturated rings. The molecule has 3 nitrogen and oxygen atoms in total. The summed E-state index contributed by atoms with van der Waals surface area (Å²) in [5.74, 6) is 0. The number of rotatable bonds is 2. The summed E-state index contributed by atoms with van der Waals surface area (Å²) >= 11 is 0. The molecule has 3 heteroatoms. The molecule has 1 unspecified atom stereocenters. The molecule has 0 bridgehead atoms. The summed E-state index contributed by atoms with van der Waals surface area (Å²) < 4.78 is 0. The second-order valence-corrected chi connectivity index (χ2v) is 6.01. The minimum atomic E-state index is -0.00243. The average Bonchev–Trinajstić information content (AvgIpc) is 3.00. The summed E-state index contributed by atoms with van der Waals surface area (Å²) in [5, 5.41) is 3.05. The zero-order valence-corrected chi connectivity index (χ0v) is 13.2.